The van der Waals surface area contributed by atoms with Crippen molar-refractivity contribution in [1.82, 2.24) is 5.32 Å². The zero-order valence-electron chi connectivity index (χ0n) is 9.89. The summed E-state index contributed by atoms with van der Waals surface area (Å²) in [5.41, 5.74) is -0.364. The molecule has 0 aliphatic rings. The predicted octanol–water partition coefficient (Wildman–Crippen LogP) is 2.69. The second kappa shape index (κ2) is 5.97. The Bertz CT molecular complexity index is 198. The smallest absolute Gasteiger partial charge is 0.149 e. The third kappa shape index (κ3) is 4.56. The summed E-state index contributed by atoms with van der Waals surface area (Å²) < 4.78 is 0. The number of ketones is 1. The first kappa shape index (κ1) is 13.4. The van der Waals surface area contributed by atoms with Crippen LogP contribution in [0, 0.1) is 0 Å². The minimum absolute atomic E-state index is 0.218. The molecule has 0 fully saturated rings. The molecule has 2 nitrogen and oxygen atoms in total. The third-order valence-electron chi connectivity index (χ3n) is 2.47. The van der Waals surface area contributed by atoms with Gasteiger partial charge in [0, 0.05) is 6.04 Å². The van der Waals surface area contributed by atoms with Gasteiger partial charge in [-0.25, -0.2) is 0 Å². The lowest BCUT2D eigenvalue weighted by molar-refractivity contribution is -0.123. The number of hydrogen-bond acceptors (Lipinski definition) is 2. The van der Waals surface area contributed by atoms with E-state index in [2.05, 4.69) is 25.7 Å². The topological polar surface area (TPSA) is 29.1 Å². The average Bonchev–Trinajstić information content (AvgIpc) is 2.03. The molecule has 0 spiro atoms. The van der Waals surface area contributed by atoms with Gasteiger partial charge < -0.3 is 5.32 Å². The number of Topliss-reactive ketones (excluding diaryl/α,β-unsaturated/α-hetero) is 1. The van der Waals surface area contributed by atoms with Crippen molar-refractivity contribution in [2.75, 3.05) is 0 Å². The van der Waals surface area contributed by atoms with Gasteiger partial charge in [0.15, 0.2) is 0 Å². The summed E-state index contributed by atoms with van der Waals surface area (Å²) in [6.07, 6.45) is 4.77. The molecule has 1 atom stereocenters. The Labute approximate surface area is 87.8 Å². The van der Waals surface area contributed by atoms with E-state index in [1.54, 1.807) is 6.92 Å². The molecular weight excluding hydrogens is 174 g/mol. The van der Waals surface area contributed by atoms with Crippen LogP contribution < -0.4 is 5.32 Å². The molecule has 0 saturated carbocycles. The third-order valence-corrected chi connectivity index (χ3v) is 2.47. The molecule has 0 aromatic heterocycles. The lowest BCUT2D eigenvalue weighted by Crippen LogP contribution is -2.51. The van der Waals surface area contributed by atoms with Gasteiger partial charge in [-0.05, 0) is 47.0 Å². The highest BCUT2D eigenvalue weighted by Crippen LogP contribution is 2.16. The van der Waals surface area contributed by atoms with Crippen LogP contribution in [0.4, 0.5) is 0 Å². The van der Waals surface area contributed by atoms with Crippen LogP contribution in [0.3, 0.4) is 0 Å². The Morgan fingerprint density at radius 2 is 2.14 bits per heavy atom. The molecule has 0 amide bonds. The first-order valence-corrected chi connectivity index (χ1v) is 5.32. The molecular formula is C12H23NO. The lowest BCUT2D eigenvalue weighted by Gasteiger charge is -2.30. The van der Waals surface area contributed by atoms with Crippen LogP contribution in [0.25, 0.3) is 0 Å². The van der Waals surface area contributed by atoms with Crippen LogP contribution in [0.15, 0.2) is 12.7 Å². The fourth-order valence-corrected chi connectivity index (χ4v) is 1.59. The minimum atomic E-state index is -0.364. The molecule has 0 saturated heterocycles. The summed E-state index contributed by atoms with van der Waals surface area (Å²) in [4.78, 5) is 11.5. The van der Waals surface area contributed by atoms with Crippen molar-refractivity contribution in [3.8, 4) is 0 Å². The Kier molecular flexibility index (Phi) is 5.70. The van der Waals surface area contributed by atoms with Gasteiger partial charge in [-0.1, -0.05) is 6.08 Å². The van der Waals surface area contributed by atoms with E-state index in [9.17, 15) is 4.79 Å². The summed E-state index contributed by atoms with van der Waals surface area (Å²) in [6.45, 7) is 11.4. The van der Waals surface area contributed by atoms with Crippen molar-refractivity contribution in [1.29, 1.82) is 0 Å². The molecule has 14 heavy (non-hydrogen) atoms. The highest BCUT2D eigenvalue weighted by Gasteiger charge is 2.28. The highest BCUT2D eigenvalue weighted by molar-refractivity contribution is 5.85. The van der Waals surface area contributed by atoms with Crippen molar-refractivity contribution in [2.24, 2.45) is 0 Å². The van der Waals surface area contributed by atoms with Crippen LogP contribution in [0.5, 0.6) is 0 Å². The van der Waals surface area contributed by atoms with Crippen molar-refractivity contribution in [3.63, 3.8) is 0 Å². The van der Waals surface area contributed by atoms with Gasteiger partial charge in [0.05, 0.1) is 5.54 Å². The molecule has 2 heteroatoms. The summed E-state index contributed by atoms with van der Waals surface area (Å²) in [5.74, 6) is 0.218. The first-order valence-electron chi connectivity index (χ1n) is 5.32. The van der Waals surface area contributed by atoms with Crippen LogP contribution in [-0.4, -0.2) is 17.4 Å². The molecule has 0 aliphatic carbocycles. The normalized spacial score (nSPS) is 15.2. The number of carbonyl (C=O) groups is 1. The molecule has 0 rings (SSSR count). The van der Waals surface area contributed by atoms with E-state index in [1.807, 2.05) is 13.0 Å². The van der Waals surface area contributed by atoms with Crippen molar-refractivity contribution < 1.29 is 4.79 Å². The molecule has 1 unspecified atom stereocenters. The zero-order valence-corrected chi connectivity index (χ0v) is 9.89. The summed E-state index contributed by atoms with van der Waals surface area (Å²) >= 11 is 0. The van der Waals surface area contributed by atoms with Gasteiger partial charge in [-0.3, -0.25) is 4.79 Å². The second-order valence-corrected chi connectivity index (χ2v) is 4.37. The zero-order chi connectivity index (χ0) is 11.2. The first-order chi connectivity index (χ1) is 6.42. The molecule has 0 bridgehead atoms. The second-order valence-electron chi connectivity index (χ2n) is 4.37. The van der Waals surface area contributed by atoms with Gasteiger partial charge in [-0.2, -0.15) is 0 Å². The maximum atomic E-state index is 11.5. The number of rotatable bonds is 7. The number of carbonyl (C=O) groups excluding carboxylic acids is 1. The molecule has 0 heterocycles. The van der Waals surface area contributed by atoms with E-state index in [0.29, 0.717) is 6.04 Å². The van der Waals surface area contributed by atoms with Crippen molar-refractivity contribution >= 4 is 5.78 Å². The van der Waals surface area contributed by atoms with Gasteiger partial charge >= 0.3 is 0 Å². The molecule has 0 aromatic carbocycles. The van der Waals surface area contributed by atoms with E-state index in [-0.39, 0.29) is 11.3 Å². The van der Waals surface area contributed by atoms with Crippen LogP contribution >= 0.6 is 0 Å². The predicted molar refractivity (Wildman–Crippen MR) is 61.4 cm³/mol. The Morgan fingerprint density at radius 1 is 1.57 bits per heavy atom. The summed E-state index contributed by atoms with van der Waals surface area (Å²) in [6, 6.07) is 0.340. The number of nitrogens with one attached hydrogen (secondary N) is 1. The highest BCUT2D eigenvalue weighted by atomic mass is 16.1. The van der Waals surface area contributed by atoms with Gasteiger partial charge in [0.1, 0.15) is 5.78 Å². The number of allylic oxidation sites excluding steroid dienone is 1. The molecule has 0 radical (unpaired) electrons. The van der Waals surface area contributed by atoms with Gasteiger partial charge in [-0.15, -0.1) is 6.58 Å². The number of hydrogen-bond donors (Lipinski definition) is 1. The SMILES string of the molecule is C=CCCCC(C)(NC(C)C)C(C)=O. The quantitative estimate of drug-likeness (QED) is 0.502. The molecule has 0 aliphatic heterocycles. The molecule has 1 N–H and O–H groups in total. The van der Waals surface area contributed by atoms with Crippen LogP contribution in [0.1, 0.15) is 47.0 Å². The minimum Gasteiger partial charge on any atom is -0.303 e. The summed E-state index contributed by atoms with van der Waals surface area (Å²) in [5, 5.41) is 3.33. The van der Waals surface area contributed by atoms with Crippen LogP contribution in [0.2, 0.25) is 0 Å². The standard InChI is InChI=1S/C12H23NO/c1-6-7-8-9-12(5,11(4)14)13-10(2)3/h6,10,13H,1,7-9H2,2-5H3. The fraction of sp³-hybridized carbons (Fsp3) is 0.750. The number of unbranched alkanes of at least 4 members (excludes halogenated alkanes) is 1. The Balaban J connectivity index is 4.24. The Morgan fingerprint density at radius 3 is 2.50 bits per heavy atom. The molecule has 82 valence electrons. The largest absolute Gasteiger partial charge is 0.303 e. The van der Waals surface area contributed by atoms with Crippen LogP contribution in [-0.2, 0) is 4.79 Å². The maximum absolute atomic E-state index is 11.5. The fourth-order valence-electron chi connectivity index (χ4n) is 1.59. The summed E-state index contributed by atoms with van der Waals surface area (Å²) in [7, 11) is 0. The van der Waals surface area contributed by atoms with E-state index in [1.165, 1.54) is 0 Å². The van der Waals surface area contributed by atoms with Gasteiger partial charge in [0.2, 0.25) is 0 Å². The van der Waals surface area contributed by atoms with E-state index in [0.717, 1.165) is 19.3 Å². The average molecular weight is 197 g/mol. The van der Waals surface area contributed by atoms with E-state index in [4.69, 9.17) is 0 Å². The van der Waals surface area contributed by atoms with Gasteiger partial charge in [0.25, 0.3) is 0 Å². The van der Waals surface area contributed by atoms with Crippen molar-refractivity contribution in [3.05, 3.63) is 12.7 Å². The van der Waals surface area contributed by atoms with E-state index < -0.39 is 0 Å². The maximum Gasteiger partial charge on any atom is 0.149 e. The lowest BCUT2D eigenvalue weighted by atomic mass is 9.90. The Hall–Kier alpha value is -0.630. The monoisotopic (exact) mass is 197 g/mol. The van der Waals surface area contributed by atoms with Crippen molar-refractivity contribution in [2.45, 2.75) is 58.5 Å². The van der Waals surface area contributed by atoms with E-state index >= 15 is 0 Å². The molecule has 0 aromatic rings.